The average Bonchev–Trinajstić information content (AvgIpc) is 2.07. The van der Waals surface area contributed by atoms with Gasteiger partial charge in [0.05, 0.1) is 6.20 Å². The largest absolute Gasteiger partial charge is 0.878 e. The van der Waals surface area contributed by atoms with Crippen LogP contribution in [0.4, 0.5) is 0 Å². The molecule has 1 rings (SSSR count). The molecule has 0 unspecified atom stereocenters. The van der Waals surface area contributed by atoms with Gasteiger partial charge in [0.1, 0.15) is 5.69 Å². The Morgan fingerprint density at radius 1 is 1.55 bits per heavy atom. The highest BCUT2D eigenvalue weighted by Crippen LogP contribution is 1.92. The van der Waals surface area contributed by atoms with Crippen molar-refractivity contribution in [1.82, 2.24) is 9.97 Å². The monoisotopic (exact) mass is 149 g/mol. The first-order valence-electron chi connectivity index (χ1n) is 2.93. The first-order valence-corrected chi connectivity index (χ1v) is 2.93. The van der Waals surface area contributed by atoms with Gasteiger partial charge in [-0.1, -0.05) is 0 Å². The molecule has 11 heavy (non-hydrogen) atoms. The van der Waals surface area contributed by atoms with Crippen LogP contribution in [-0.4, -0.2) is 15.8 Å². The summed E-state index contributed by atoms with van der Waals surface area (Å²) in [5.41, 5.74) is 0.180. The van der Waals surface area contributed by atoms with E-state index < -0.39 is 5.78 Å². The molecule has 56 valence electrons. The van der Waals surface area contributed by atoms with Crippen LogP contribution in [0.5, 0.6) is 0 Å². The average molecular weight is 149 g/mol. The molecule has 0 atom stereocenters. The minimum Gasteiger partial charge on any atom is -0.878 e. The highest BCUT2D eigenvalue weighted by molar-refractivity contribution is 6.02. The van der Waals surface area contributed by atoms with Crippen molar-refractivity contribution in [1.29, 1.82) is 0 Å². The molecule has 0 saturated heterocycles. The molecule has 0 aliphatic carbocycles. The van der Waals surface area contributed by atoms with Crippen LogP contribution in [0.15, 0.2) is 30.9 Å². The van der Waals surface area contributed by atoms with Gasteiger partial charge in [0.25, 0.3) is 0 Å². The van der Waals surface area contributed by atoms with E-state index in [9.17, 15) is 9.90 Å². The second-order valence-corrected chi connectivity index (χ2v) is 1.76. The molecule has 1 aromatic heterocycles. The Morgan fingerprint density at radius 2 is 2.36 bits per heavy atom. The normalized spacial score (nSPS) is 10.2. The highest BCUT2D eigenvalue weighted by Gasteiger charge is 1.99. The number of rotatable bonds is 2. The summed E-state index contributed by atoms with van der Waals surface area (Å²) in [6.45, 7) is 0. The number of nitrogens with zero attached hydrogens (tertiary/aromatic N) is 2. The molecule has 4 nitrogen and oxygen atoms in total. The second kappa shape index (κ2) is 3.46. The summed E-state index contributed by atoms with van der Waals surface area (Å²) in [6.07, 6.45) is 5.49. The highest BCUT2D eigenvalue weighted by atomic mass is 16.2. The van der Waals surface area contributed by atoms with Crippen LogP contribution in [0, 0.1) is 0 Å². The molecule has 0 fully saturated rings. The third-order valence-corrected chi connectivity index (χ3v) is 1.04. The lowest BCUT2D eigenvalue weighted by Crippen LogP contribution is -2.00. The second-order valence-electron chi connectivity index (χ2n) is 1.76. The number of allylic oxidation sites excluding steroid dienone is 1. The van der Waals surface area contributed by atoms with Gasteiger partial charge in [0.2, 0.25) is 5.78 Å². The Hall–Kier alpha value is -1.71. The van der Waals surface area contributed by atoms with Gasteiger partial charge in [0, 0.05) is 12.4 Å². The molecule has 0 aromatic carbocycles. The molecule has 0 saturated carbocycles. The molecule has 1 aromatic rings. The van der Waals surface area contributed by atoms with E-state index in [0.717, 1.165) is 6.08 Å². The first-order chi connectivity index (χ1) is 5.34. The van der Waals surface area contributed by atoms with Crippen molar-refractivity contribution in [2.24, 2.45) is 0 Å². The Balaban J connectivity index is 2.86. The standard InChI is InChI=1S/C7H6N2O2/c10-4-1-7(11)6-5-8-2-3-9-6/h1-5,10H/p-1. The summed E-state index contributed by atoms with van der Waals surface area (Å²) in [4.78, 5) is 18.2. The Labute approximate surface area is 63.2 Å². The summed E-state index contributed by atoms with van der Waals surface area (Å²) >= 11 is 0. The van der Waals surface area contributed by atoms with Crippen LogP contribution in [0.2, 0.25) is 0 Å². The molecule has 0 aliphatic heterocycles. The lowest BCUT2D eigenvalue weighted by atomic mass is 10.3. The lowest BCUT2D eigenvalue weighted by molar-refractivity contribution is -0.274. The van der Waals surface area contributed by atoms with E-state index in [2.05, 4.69) is 9.97 Å². The van der Waals surface area contributed by atoms with E-state index >= 15 is 0 Å². The van der Waals surface area contributed by atoms with Gasteiger partial charge in [0.15, 0.2) is 0 Å². The Morgan fingerprint density at radius 3 is 2.91 bits per heavy atom. The third-order valence-electron chi connectivity index (χ3n) is 1.04. The van der Waals surface area contributed by atoms with Gasteiger partial charge in [-0.05, 0) is 6.08 Å². The maximum atomic E-state index is 10.9. The molecule has 0 aliphatic rings. The first kappa shape index (κ1) is 7.40. The topological polar surface area (TPSA) is 65.9 Å². The number of hydrogen-bond acceptors (Lipinski definition) is 4. The summed E-state index contributed by atoms with van der Waals surface area (Å²) < 4.78 is 0. The van der Waals surface area contributed by atoms with E-state index in [1.54, 1.807) is 0 Å². The van der Waals surface area contributed by atoms with Crippen LogP contribution >= 0.6 is 0 Å². The van der Waals surface area contributed by atoms with Crippen molar-refractivity contribution >= 4 is 5.78 Å². The van der Waals surface area contributed by atoms with Crippen LogP contribution in [0.1, 0.15) is 10.5 Å². The van der Waals surface area contributed by atoms with Crippen molar-refractivity contribution < 1.29 is 9.90 Å². The van der Waals surface area contributed by atoms with Crippen molar-refractivity contribution in [3.8, 4) is 0 Å². The minimum absolute atomic E-state index is 0.180. The molecular weight excluding hydrogens is 144 g/mol. The van der Waals surface area contributed by atoms with Crippen molar-refractivity contribution in [2.45, 2.75) is 0 Å². The van der Waals surface area contributed by atoms with E-state index in [1.807, 2.05) is 0 Å². The summed E-state index contributed by atoms with van der Waals surface area (Å²) in [6, 6.07) is 0. The van der Waals surface area contributed by atoms with Crippen LogP contribution in [0.3, 0.4) is 0 Å². The number of hydrogen-bond donors (Lipinski definition) is 0. The van der Waals surface area contributed by atoms with Gasteiger partial charge < -0.3 is 5.11 Å². The summed E-state index contributed by atoms with van der Waals surface area (Å²) in [7, 11) is 0. The van der Waals surface area contributed by atoms with Crippen molar-refractivity contribution in [3.05, 3.63) is 36.6 Å². The van der Waals surface area contributed by atoms with Gasteiger partial charge in [-0.25, -0.2) is 4.98 Å². The number of aromatic nitrogens is 2. The fraction of sp³-hybridized carbons (Fsp3) is 0. The van der Waals surface area contributed by atoms with Crippen molar-refractivity contribution in [3.63, 3.8) is 0 Å². The maximum absolute atomic E-state index is 10.9. The third kappa shape index (κ3) is 1.86. The molecule has 0 N–H and O–H groups in total. The zero-order valence-corrected chi connectivity index (χ0v) is 5.60. The predicted molar refractivity (Wildman–Crippen MR) is 35.5 cm³/mol. The van der Waals surface area contributed by atoms with Gasteiger partial charge in [-0.15, -0.1) is 6.26 Å². The quantitative estimate of drug-likeness (QED) is 0.324. The predicted octanol–water partition coefficient (Wildman–Crippen LogP) is -0.467. The zero-order chi connectivity index (χ0) is 8.10. The van der Waals surface area contributed by atoms with E-state index in [1.165, 1.54) is 18.6 Å². The lowest BCUT2D eigenvalue weighted by Gasteiger charge is -1.92. The summed E-state index contributed by atoms with van der Waals surface area (Å²) in [5, 5.41) is 9.86. The maximum Gasteiger partial charge on any atom is 0.204 e. The number of carbonyl (C=O) groups excluding carboxylic acids is 1. The van der Waals surface area contributed by atoms with Crippen molar-refractivity contribution in [2.75, 3.05) is 0 Å². The van der Waals surface area contributed by atoms with E-state index in [0.29, 0.717) is 6.26 Å². The molecule has 0 bridgehead atoms. The van der Waals surface area contributed by atoms with Crippen LogP contribution in [0.25, 0.3) is 0 Å². The SMILES string of the molecule is O=C(C=C[O-])c1cnccn1. The molecule has 4 heteroatoms. The van der Waals surface area contributed by atoms with Gasteiger partial charge in [-0.3, -0.25) is 9.78 Å². The molecule has 0 radical (unpaired) electrons. The number of carbonyl (C=O) groups is 1. The van der Waals surface area contributed by atoms with Gasteiger partial charge in [-0.2, -0.15) is 0 Å². The summed E-state index contributed by atoms with van der Waals surface area (Å²) in [5.74, 6) is -0.423. The van der Waals surface area contributed by atoms with E-state index in [4.69, 9.17) is 0 Å². The number of ketones is 1. The molecule has 1 heterocycles. The molecule has 0 amide bonds. The van der Waals surface area contributed by atoms with Gasteiger partial charge >= 0.3 is 0 Å². The van der Waals surface area contributed by atoms with E-state index in [-0.39, 0.29) is 5.69 Å². The smallest absolute Gasteiger partial charge is 0.204 e. The molecule has 0 spiro atoms. The molecular formula is C7H5N2O2-. The Kier molecular flexibility index (Phi) is 2.32. The van der Waals surface area contributed by atoms with Crippen LogP contribution < -0.4 is 5.11 Å². The minimum atomic E-state index is -0.423. The Bertz CT molecular complexity index is 269. The fourth-order valence-corrected chi connectivity index (χ4v) is 0.574. The van der Waals surface area contributed by atoms with Crippen LogP contribution in [-0.2, 0) is 0 Å². The fourth-order valence-electron chi connectivity index (χ4n) is 0.574. The zero-order valence-electron chi connectivity index (χ0n) is 5.60.